The van der Waals surface area contributed by atoms with E-state index in [1.165, 1.54) is 0 Å². The van der Waals surface area contributed by atoms with Crippen LogP contribution in [0, 0.1) is 15.9 Å². The molecule has 0 aliphatic rings. The summed E-state index contributed by atoms with van der Waals surface area (Å²) >= 11 is 0. The third-order valence-electron chi connectivity index (χ3n) is 1.70. The van der Waals surface area contributed by atoms with Crippen molar-refractivity contribution in [3.63, 3.8) is 0 Å². The zero-order valence-electron chi connectivity index (χ0n) is 8.51. The minimum absolute atomic E-state index is 0.542. The summed E-state index contributed by atoms with van der Waals surface area (Å²) in [5, 5.41) is 10.4. The summed E-state index contributed by atoms with van der Waals surface area (Å²) < 4.78 is 37.5. The summed E-state index contributed by atoms with van der Waals surface area (Å²) in [5.74, 6) is -2.01. The molecule has 9 heteroatoms. The first-order valence-electron chi connectivity index (χ1n) is 4.21. The number of amides is 1. The number of nitrogens with one attached hydrogen (secondary N) is 1. The highest BCUT2D eigenvalue weighted by atomic mass is 32.2. The Balaban J connectivity index is 3.30. The molecular weight excluding hydrogens is 255 g/mol. The van der Waals surface area contributed by atoms with Gasteiger partial charge in [0.2, 0.25) is 11.7 Å². The van der Waals surface area contributed by atoms with Crippen LogP contribution in [0.1, 0.15) is 6.92 Å². The Morgan fingerprint density at radius 3 is 2.53 bits per heavy atom. The second-order valence-electron chi connectivity index (χ2n) is 3.03. The van der Waals surface area contributed by atoms with E-state index < -0.39 is 37.3 Å². The van der Waals surface area contributed by atoms with Gasteiger partial charge in [-0.15, -0.1) is 0 Å². The van der Waals surface area contributed by atoms with Gasteiger partial charge >= 0.3 is 5.69 Å². The fourth-order valence-electron chi connectivity index (χ4n) is 1.05. The molecule has 0 aromatic heterocycles. The molecule has 0 radical (unpaired) electrons. The van der Waals surface area contributed by atoms with Crippen molar-refractivity contribution in [2.24, 2.45) is 0 Å². The number of nitro groups is 1. The van der Waals surface area contributed by atoms with E-state index in [0.717, 1.165) is 13.0 Å². The average molecular weight is 262 g/mol. The van der Waals surface area contributed by atoms with Gasteiger partial charge < -0.3 is 0 Å². The predicted molar refractivity (Wildman–Crippen MR) is 54.1 cm³/mol. The van der Waals surface area contributed by atoms with Gasteiger partial charge in [0.05, 0.1) is 9.82 Å². The second kappa shape index (κ2) is 4.45. The fourth-order valence-corrected chi connectivity index (χ4v) is 2.06. The number of halogens is 1. The molecule has 92 valence electrons. The first-order valence-corrected chi connectivity index (χ1v) is 5.69. The van der Waals surface area contributed by atoms with Gasteiger partial charge in [0.25, 0.3) is 10.0 Å². The van der Waals surface area contributed by atoms with Crippen molar-refractivity contribution in [2.75, 3.05) is 0 Å². The molecule has 0 saturated heterocycles. The van der Waals surface area contributed by atoms with Crippen molar-refractivity contribution in [1.29, 1.82) is 0 Å². The highest BCUT2D eigenvalue weighted by Gasteiger charge is 2.22. The van der Waals surface area contributed by atoms with Crippen LogP contribution in [-0.2, 0) is 14.8 Å². The van der Waals surface area contributed by atoms with Crippen LogP contribution in [0.5, 0.6) is 0 Å². The quantitative estimate of drug-likeness (QED) is 0.632. The van der Waals surface area contributed by atoms with Crippen LogP contribution < -0.4 is 4.72 Å². The van der Waals surface area contributed by atoms with Crippen molar-refractivity contribution in [2.45, 2.75) is 11.8 Å². The van der Waals surface area contributed by atoms with Gasteiger partial charge in [-0.3, -0.25) is 14.9 Å². The molecule has 0 spiro atoms. The van der Waals surface area contributed by atoms with E-state index in [2.05, 4.69) is 0 Å². The summed E-state index contributed by atoms with van der Waals surface area (Å²) in [7, 11) is -4.20. The van der Waals surface area contributed by atoms with Gasteiger partial charge in [-0.1, -0.05) is 0 Å². The van der Waals surface area contributed by atoms with Crippen molar-refractivity contribution in [3.05, 3.63) is 34.1 Å². The standard InChI is InChI=1S/C8H7FN2O5S/c1-5(12)10-17(15,16)6-2-3-7(9)8(4-6)11(13)14/h2-4H,1H3,(H,10,12). The van der Waals surface area contributed by atoms with Gasteiger partial charge in [0.15, 0.2) is 0 Å². The Hall–Kier alpha value is -2.03. The minimum atomic E-state index is -4.20. The summed E-state index contributed by atoms with van der Waals surface area (Å²) in [4.78, 5) is 19.4. The van der Waals surface area contributed by atoms with Crippen LogP contribution in [0.2, 0.25) is 0 Å². The van der Waals surface area contributed by atoms with Crippen LogP contribution in [0.3, 0.4) is 0 Å². The molecule has 0 aliphatic heterocycles. The van der Waals surface area contributed by atoms with E-state index in [-0.39, 0.29) is 0 Å². The Morgan fingerprint density at radius 1 is 1.47 bits per heavy atom. The van der Waals surface area contributed by atoms with Crippen LogP contribution in [0.25, 0.3) is 0 Å². The molecule has 0 heterocycles. The number of hydrogen-bond acceptors (Lipinski definition) is 5. The van der Waals surface area contributed by atoms with Crippen molar-refractivity contribution >= 4 is 21.6 Å². The molecule has 0 unspecified atom stereocenters. The van der Waals surface area contributed by atoms with Crippen LogP contribution in [0.4, 0.5) is 10.1 Å². The maximum atomic E-state index is 12.9. The number of nitro benzene ring substituents is 1. The highest BCUT2D eigenvalue weighted by Crippen LogP contribution is 2.21. The lowest BCUT2D eigenvalue weighted by molar-refractivity contribution is -0.387. The largest absolute Gasteiger partial charge is 0.306 e. The number of nitrogens with zero attached hydrogens (tertiary/aromatic N) is 1. The SMILES string of the molecule is CC(=O)NS(=O)(=O)c1ccc(F)c([N+](=O)[O-])c1. The van der Waals surface area contributed by atoms with Crippen molar-refractivity contribution < 1.29 is 22.5 Å². The van der Waals surface area contributed by atoms with Crippen LogP contribution in [0.15, 0.2) is 23.1 Å². The third kappa shape index (κ3) is 2.97. The maximum absolute atomic E-state index is 12.9. The minimum Gasteiger partial charge on any atom is -0.274 e. The molecule has 0 aliphatic carbocycles. The number of benzene rings is 1. The molecule has 0 fully saturated rings. The molecule has 1 amide bonds. The lowest BCUT2D eigenvalue weighted by Crippen LogP contribution is -2.28. The second-order valence-corrected chi connectivity index (χ2v) is 4.71. The molecule has 0 atom stereocenters. The summed E-state index contributed by atoms with van der Waals surface area (Å²) in [6, 6.07) is 2.01. The van der Waals surface area contributed by atoms with E-state index in [1.54, 1.807) is 4.72 Å². The monoisotopic (exact) mass is 262 g/mol. The van der Waals surface area contributed by atoms with Gasteiger partial charge in [-0.2, -0.15) is 4.39 Å². The topological polar surface area (TPSA) is 106 Å². The highest BCUT2D eigenvalue weighted by molar-refractivity contribution is 7.90. The summed E-state index contributed by atoms with van der Waals surface area (Å²) in [6.07, 6.45) is 0. The molecule has 17 heavy (non-hydrogen) atoms. The van der Waals surface area contributed by atoms with E-state index in [9.17, 15) is 27.7 Å². The fraction of sp³-hybridized carbons (Fsp3) is 0.125. The first-order chi connectivity index (χ1) is 7.74. The van der Waals surface area contributed by atoms with Gasteiger partial charge in [0.1, 0.15) is 0 Å². The zero-order chi connectivity index (χ0) is 13.2. The average Bonchev–Trinajstić information content (AvgIpc) is 2.15. The lowest BCUT2D eigenvalue weighted by atomic mass is 10.3. The summed E-state index contributed by atoms with van der Waals surface area (Å²) in [5.41, 5.74) is -0.976. The van der Waals surface area contributed by atoms with Gasteiger partial charge in [-0.05, 0) is 12.1 Å². The van der Waals surface area contributed by atoms with Gasteiger partial charge in [0, 0.05) is 13.0 Å². The van der Waals surface area contributed by atoms with E-state index in [0.29, 0.717) is 12.1 Å². The van der Waals surface area contributed by atoms with Crippen molar-refractivity contribution in [1.82, 2.24) is 4.72 Å². The zero-order valence-corrected chi connectivity index (χ0v) is 9.32. The number of carbonyl (C=O) groups is 1. The Kier molecular flexibility index (Phi) is 3.42. The molecule has 0 saturated carbocycles. The molecular formula is C8H7FN2O5S. The first kappa shape index (κ1) is 13.0. The van der Waals surface area contributed by atoms with Crippen LogP contribution in [-0.4, -0.2) is 19.2 Å². The normalized spacial score (nSPS) is 10.9. The van der Waals surface area contributed by atoms with E-state index in [1.807, 2.05) is 0 Å². The molecule has 1 aromatic carbocycles. The van der Waals surface area contributed by atoms with Crippen LogP contribution >= 0.6 is 0 Å². The molecule has 0 bridgehead atoms. The molecule has 1 N–H and O–H groups in total. The number of sulfonamides is 1. The van der Waals surface area contributed by atoms with Gasteiger partial charge in [-0.25, -0.2) is 13.1 Å². The smallest absolute Gasteiger partial charge is 0.274 e. The van der Waals surface area contributed by atoms with Crippen molar-refractivity contribution in [3.8, 4) is 0 Å². The maximum Gasteiger partial charge on any atom is 0.306 e. The molecule has 1 rings (SSSR count). The molecule has 1 aromatic rings. The third-order valence-corrected chi connectivity index (χ3v) is 3.13. The Labute approximate surface area is 95.5 Å². The predicted octanol–water partition coefficient (Wildman–Crippen LogP) is 0.559. The Bertz CT molecular complexity index is 584. The van der Waals surface area contributed by atoms with E-state index >= 15 is 0 Å². The number of carbonyl (C=O) groups excluding carboxylic acids is 1. The number of hydrogen-bond donors (Lipinski definition) is 1. The van der Waals surface area contributed by atoms with E-state index in [4.69, 9.17) is 0 Å². The summed E-state index contributed by atoms with van der Waals surface area (Å²) in [6.45, 7) is 0.968. The molecule has 7 nitrogen and oxygen atoms in total. The lowest BCUT2D eigenvalue weighted by Gasteiger charge is -2.04. The Morgan fingerprint density at radius 2 is 2.06 bits per heavy atom. The number of rotatable bonds is 3.